The highest BCUT2D eigenvalue weighted by Gasteiger charge is 2.28. The Hall–Kier alpha value is -2.93. The first-order valence-corrected chi connectivity index (χ1v) is 7.38. The average molecular weight is 331 g/mol. The summed E-state index contributed by atoms with van der Waals surface area (Å²) in [7, 11) is 0. The highest BCUT2D eigenvalue weighted by atomic mass is 16.9. The van der Waals surface area contributed by atoms with Crippen molar-refractivity contribution < 1.29 is 15.6 Å². The van der Waals surface area contributed by atoms with E-state index in [0.29, 0.717) is 0 Å². The molecule has 4 N–H and O–H groups in total. The van der Waals surface area contributed by atoms with E-state index in [2.05, 4.69) is 30.1 Å². The fraction of sp³-hybridized carbons (Fsp3) is 0.235. The van der Waals surface area contributed by atoms with E-state index in [0.717, 1.165) is 12.0 Å². The number of carbonyl (C=O) groups is 1. The van der Waals surface area contributed by atoms with Crippen molar-refractivity contribution >= 4 is 5.91 Å². The van der Waals surface area contributed by atoms with E-state index in [-0.39, 0.29) is 12.5 Å². The van der Waals surface area contributed by atoms with E-state index >= 15 is 0 Å². The second kappa shape index (κ2) is 9.26. The minimum absolute atomic E-state index is 0.0349. The highest BCUT2D eigenvalue weighted by molar-refractivity contribution is 5.77. The highest BCUT2D eigenvalue weighted by Crippen LogP contribution is 2.25. The first kappa shape index (κ1) is 19.1. The molecule has 0 saturated carbocycles. The van der Waals surface area contributed by atoms with Crippen molar-refractivity contribution in [3.05, 3.63) is 87.1 Å². The topological polar surface area (TPSA) is 123 Å². The van der Waals surface area contributed by atoms with Crippen LogP contribution in [0.5, 0.6) is 0 Å². The van der Waals surface area contributed by atoms with Gasteiger partial charge in [-0.2, -0.15) is 0 Å². The largest absolute Gasteiger partial charge is 0.356 e. The van der Waals surface area contributed by atoms with Gasteiger partial charge in [0.2, 0.25) is 0 Å². The van der Waals surface area contributed by atoms with Crippen molar-refractivity contribution in [3.63, 3.8) is 0 Å². The van der Waals surface area contributed by atoms with E-state index in [1.54, 1.807) is 0 Å². The van der Waals surface area contributed by atoms with E-state index in [4.69, 9.17) is 15.3 Å². The minimum atomic E-state index is -1.75. The third-order valence-electron chi connectivity index (χ3n) is 3.45. The van der Waals surface area contributed by atoms with Crippen LogP contribution in [0.25, 0.3) is 0 Å². The number of amides is 1. The summed E-state index contributed by atoms with van der Waals surface area (Å²) >= 11 is 0. The summed E-state index contributed by atoms with van der Waals surface area (Å²) in [6.07, 6.45) is 0.754. The molecule has 7 heteroatoms. The lowest BCUT2D eigenvalue weighted by Crippen LogP contribution is -2.60. The molecule has 7 nitrogen and oxygen atoms in total. The number of benzene rings is 2. The van der Waals surface area contributed by atoms with Gasteiger partial charge in [0, 0.05) is 0 Å². The maximum Gasteiger partial charge on any atom is 0.275 e. The lowest BCUT2D eigenvalue weighted by Gasteiger charge is -2.31. The van der Waals surface area contributed by atoms with Crippen LogP contribution < -0.4 is 11.1 Å². The van der Waals surface area contributed by atoms with E-state index in [9.17, 15) is 4.79 Å². The molecule has 1 atom stereocenters. The van der Waals surface area contributed by atoms with Crippen LogP contribution in [-0.2, 0) is 16.8 Å². The first-order chi connectivity index (χ1) is 11.4. The molecule has 0 aliphatic rings. The van der Waals surface area contributed by atoms with Crippen molar-refractivity contribution in [2.24, 2.45) is 0 Å². The van der Waals surface area contributed by atoms with Crippen LogP contribution in [0.1, 0.15) is 18.1 Å². The van der Waals surface area contributed by atoms with Gasteiger partial charge in [-0.15, -0.1) is 0 Å². The molecule has 0 aromatic heterocycles. The average Bonchev–Trinajstić information content (AvgIpc) is 2.56. The van der Waals surface area contributed by atoms with Crippen LogP contribution in [0.4, 0.5) is 0 Å². The van der Waals surface area contributed by atoms with Gasteiger partial charge in [0.05, 0.1) is 10.6 Å². The normalized spacial score (nSPS) is 12.2. The van der Waals surface area contributed by atoms with Gasteiger partial charge in [0.1, 0.15) is 0 Å². The molecular formula is C17H21N3O4. The molecule has 0 spiro atoms. The lowest BCUT2D eigenvalue weighted by molar-refractivity contribution is -0.402. The van der Waals surface area contributed by atoms with E-state index in [1.807, 2.05) is 48.5 Å². The molecule has 0 bridgehead atoms. The third kappa shape index (κ3) is 6.45. The summed E-state index contributed by atoms with van der Waals surface area (Å²) < 4.78 is 0. The smallest absolute Gasteiger partial charge is 0.275 e. The minimum Gasteiger partial charge on any atom is -0.356 e. The molecule has 2 aromatic carbocycles. The van der Waals surface area contributed by atoms with Gasteiger partial charge in [-0.1, -0.05) is 60.7 Å². The standard InChI is InChI=1S/C17H20N2O.NO3/c1-17(19-16(20)13-18,15-10-6-3-7-11-15)12-14-8-4-2-5-9-14;2-1(3)4/h2-11H,12-13,18H2,1H3,(H,19,20);/q;-1/p+1/t17-;/m1./s1. The Morgan fingerprint density at radius 2 is 1.54 bits per heavy atom. The maximum absolute atomic E-state index is 11.8. The van der Waals surface area contributed by atoms with Gasteiger partial charge in [-0.3, -0.25) is 4.79 Å². The second-order valence-corrected chi connectivity index (χ2v) is 5.38. The summed E-state index contributed by atoms with van der Waals surface area (Å²) in [4.78, 5) is 20.1. The lowest BCUT2D eigenvalue weighted by atomic mass is 9.85. The van der Waals surface area contributed by atoms with Crippen LogP contribution in [0.15, 0.2) is 60.7 Å². The van der Waals surface area contributed by atoms with Crippen LogP contribution >= 0.6 is 0 Å². The van der Waals surface area contributed by atoms with Crippen LogP contribution in [0.3, 0.4) is 0 Å². The zero-order chi connectivity index (χ0) is 18.0. The van der Waals surface area contributed by atoms with Crippen LogP contribution in [-0.4, -0.2) is 17.5 Å². The van der Waals surface area contributed by atoms with Crippen molar-refractivity contribution in [1.82, 2.24) is 5.32 Å². The predicted molar refractivity (Wildman–Crippen MR) is 90.2 cm³/mol. The molecule has 0 heterocycles. The summed E-state index contributed by atoms with van der Waals surface area (Å²) in [5.41, 5.74) is 5.54. The SMILES string of the molecule is C[C@](Cc1ccccc1)(NC(=O)C[NH3+])c1ccccc1.O=[N+]([O-])[O-]. The number of rotatable bonds is 5. The van der Waals surface area contributed by atoms with Gasteiger partial charge >= 0.3 is 0 Å². The van der Waals surface area contributed by atoms with Crippen molar-refractivity contribution in [3.8, 4) is 0 Å². The molecule has 0 aliphatic carbocycles. The van der Waals surface area contributed by atoms with Crippen molar-refractivity contribution in [2.75, 3.05) is 6.54 Å². The Labute approximate surface area is 140 Å². The van der Waals surface area contributed by atoms with Gasteiger partial charge < -0.3 is 26.4 Å². The Bertz CT molecular complexity index is 645. The van der Waals surface area contributed by atoms with Crippen LogP contribution in [0, 0.1) is 15.3 Å². The van der Waals surface area contributed by atoms with Gasteiger partial charge in [0.25, 0.3) is 5.91 Å². The predicted octanol–water partition coefficient (Wildman–Crippen LogP) is 1.26. The summed E-state index contributed by atoms with van der Waals surface area (Å²) in [6, 6.07) is 20.3. The molecule has 0 unspecified atom stereocenters. The quantitative estimate of drug-likeness (QED) is 0.632. The van der Waals surface area contributed by atoms with Gasteiger partial charge in [0.15, 0.2) is 6.54 Å². The molecule has 0 saturated heterocycles. The first-order valence-electron chi connectivity index (χ1n) is 7.38. The summed E-state index contributed by atoms with van der Waals surface area (Å²) in [5, 5.41) is 17.9. The Morgan fingerprint density at radius 3 is 2.00 bits per heavy atom. The van der Waals surface area contributed by atoms with Gasteiger partial charge in [-0.05, 0) is 24.5 Å². The zero-order valence-corrected chi connectivity index (χ0v) is 13.5. The number of carbonyl (C=O) groups excluding carboxylic acids is 1. The number of hydrogen-bond acceptors (Lipinski definition) is 4. The Morgan fingerprint density at radius 1 is 1.08 bits per heavy atom. The van der Waals surface area contributed by atoms with Gasteiger partial charge in [-0.25, -0.2) is 0 Å². The molecule has 24 heavy (non-hydrogen) atoms. The Balaban J connectivity index is 0.000000648. The molecule has 1 amide bonds. The number of nitrogens with one attached hydrogen (secondary N) is 1. The zero-order valence-electron chi connectivity index (χ0n) is 13.5. The third-order valence-corrected chi connectivity index (χ3v) is 3.45. The fourth-order valence-corrected chi connectivity index (χ4v) is 2.40. The van der Waals surface area contributed by atoms with Crippen LogP contribution in [0.2, 0.25) is 0 Å². The van der Waals surface area contributed by atoms with E-state index in [1.165, 1.54) is 5.56 Å². The number of nitrogens with zero attached hydrogens (tertiary/aromatic N) is 1. The molecule has 0 radical (unpaired) electrons. The fourth-order valence-electron chi connectivity index (χ4n) is 2.40. The van der Waals surface area contributed by atoms with Crippen molar-refractivity contribution in [1.29, 1.82) is 0 Å². The van der Waals surface area contributed by atoms with Crippen molar-refractivity contribution in [2.45, 2.75) is 18.9 Å². The number of quaternary nitrogens is 1. The molecule has 2 aromatic rings. The second-order valence-electron chi connectivity index (χ2n) is 5.38. The molecule has 2 rings (SSSR count). The molecule has 0 fully saturated rings. The monoisotopic (exact) mass is 331 g/mol. The Kier molecular flexibility index (Phi) is 7.38. The number of hydrogen-bond donors (Lipinski definition) is 2. The summed E-state index contributed by atoms with van der Waals surface area (Å²) in [5.74, 6) is -0.0349. The molecule has 0 aliphatic heterocycles. The molecular weight excluding hydrogens is 310 g/mol. The molecule has 128 valence electrons. The summed E-state index contributed by atoms with van der Waals surface area (Å²) in [6.45, 7) is 2.31. The van der Waals surface area contributed by atoms with E-state index < -0.39 is 10.6 Å². The maximum atomic E-state index is 11.8.